The minimum Gasteiger partial charge on any atom is -0.399 e. The highest BCUT2D eigenvalue weighted by atomic mass is 32.2. The first-order valence-electron chi connectivity index (χ1n) is 6.46. The van der Waals surface area contributed by atoms with Crippen molar-refractivity contribution >= 4 is 21.6 Å². The van der Waals surface area contributed by atoms with E-state index in [1.54, 1.807) is 6.07 Å². The van der Waals surface area contributed by atoms with Crippen LogP contribution in [0.2, 0.25) is 0 Å². The summed E-state index contributed by atoms with van der Waals surface area (Å²) in [6.45, 7) is 2.45. The van der Waals surface area contributed by atoms with Gasteiger partial charge < -0.3 is 11.1 Å². The maximum absolute atomic E-state index is 12.1. The molecule has 0 atom stereocenters. The Balaban J connectivity index is 2.71. The Labute approximate surface area is 124 Å². The lowest BCUT2D eigenvalue weighted by molar-refractivity contribution is -0.120. The zero-order valence-electron chi connectivity index (χ0n) is 11.7. The molecule has 0 aliphatic carbocycles. The molecule has 0 radical (unpaired) electrons. The summed E-state index contributed by atoms with van der Waals surface area (Å²) in [6.07, 6.45) is 0.852. The zero-order valence-corrected chi connectivity index (χ0v) is 12.5. The number of amides is 1. The monoisotopic (exact) mass is 310 g/mol. The van der Waals surface area contributed by atoms with E-state index in [0.29, 0.717) is 12.2 Å². The fourth-order valence-corrected chi connectivity index (χ4v) is 2.77. The van der Waals surface area contributed by atoms with Crippen molar-refractivity contribution in [2.24, 2.45) is 0 Å². The van der Waals surface area contributed by atoms with Gasteiger partial charge in [0.05, 0.1) is 10.5 Å². The first-order valence-corrected chi connectivity index (χ1v) is 7.95. The van der Waals surface area contributed by atoms with Crippen molar-refractivity contribution in [1.82, 2.24) is 10.0 Å². The van der Waals surface area contributed by atoms with Gasteiger partial charge in [-0.25, -0.2) is 13.1 Å². The average Bonchev–Trinajstić information content (AvgIpc) is 2.44. The number of nitrogens with two attached hydrogens (primary N) is 1. The Kier molecular flexibility index (Phi) is 6.14. The maximum Gasteiger partial charge on any atom is 0.241 e. The summed E-state index contributed by atoms with van der Waals surface area (Å²) in [5.74, 6) is -0.225. The van der Waals surface area contributed by atoms with E-state index in [4.69, 9.17) is 11.0 Å². The molecule has 7 nitrogen and oxygen atoms in total. The number of nitrogens with one attached hydrogen (secondary N) is 2. The molecule has 1 amide bonds. The van der Waals surface area contributed by atoms with Gasteiger partial charge in [0.25, 0.3) is 0 Å². The van der Waals surface area contributed by atoms with Crippen LogP contribution in [0.4, 0.5) is 5.69 Å². The second-order valence-electron chi connectivity index (χ2n) is 4.37. The van der Waals surface area contributed by atoms with Crippen LogP contribution in [0.15, 0.2) is 23.1 Å². The molecule has 0 saturated carbocycles. The van der Waals surface area contributed by atoms with E-state index in [1.807, 2.05) is 6.92 Å². The number of sulfonamides is 1. The molecule has 8 heteroatoms. The van der Waals surface area contributed by atoms with Crippen molar-refractivity contribution in [3.8, 4) is 6.07 Å². The van der Waals surface area contributed by atoms with E-state index >= 15 is 0 Å². The topological polar surface area (TPSA) is 125 Å². The van der Waals surface area contributed by atoms with Crippen LogP contribution in [-0.4, -0.2) is 27.4 Å². The van der Waals surface area contributed by atoms with Crippen molar-refractivity contribution in [1.29, 1.82) is 5.26 Å². The highest BCUT2D eigenvalue weighted by molar-refractivity contribution is 7.89. The summed E-state index contributed by atoms with van der Waals surface area (Å²) >= 11 is 0. The molecule has 0 heterocycles. The van der Waals surface area contributed by atoms with Crippen molar-refractivity contribution in [3.05, 3.63) is 23.8 Å². The first kappa shape index (κ1) is 16.9. The van der Waals surface area contributed by atoms with Gasteiger partial charge in [-0.1, -0.05) is 6.92 Å². The average molecular weight is 310 g/mol. The lowest BCUT2D eigenvalue weighted by atomic mass is 10.2. The molecule has 1 aromatic rings. The number of rotatable bonds is 7. The lowest BCUT2D eigenvalue weighted by Gasteiger charge is -2.09. The number of benzene rings is 1. The van der Waals surface area contributed by atoms with Crippen LogP contribution in [0.3, 0.4) is 0 Å². The second-order valence-corrected chi connectivity index (χ2v) is 6.10. The minimum atomic E-state index is -3.84. The quantitative estimate of drug-likeness (QED) is 0.626. The van der Waals surface area contributed by atoms with Crippen LogP contribution < -0.4 is 15.8 Å². The van der Waals surface area contributed by atoms with Crippen molar-refractivity contribution < 1.29 is 13.2 Å². The molecular weight excluding hydrogens is 292 g/mol. The van der Waals surface area contributed by atoms with E-state index in [2.05, 4.69) is 10.0 Å². The molecule has 4 N–H and O–H groups in total. The first-order chi connectivity index (χ1) is 9.90. The fraction of sp³-hybridized carbons (Fsp3) is 0.385. The molecule has 0 saturated heterocycles. The van der Waals surface area contributed by atoms with Gasteiger partial charge in [-0.2, -0.15) is 5.26 Å². The Bertz CT molecular complexity index is 650. The SMILES string of the molecule is CCCNC(=O)CCNS(=O)(=O)c1ccc(N)cc1C#N. The van der Waals surface area contributed by atoms with Gasteiger partial charge in [0.1, 0.15) is 6.07 Å². The number of nitrogens with zero attached hydrogens (tertiary/aromatic N) is 1. The van der Waals surface area contributed by atoms with E-state index in [0.717, 1.165) is 6.42 Å². The second kappa shape index (κ2) is 7.61. The number of hydrogen-bond donors (Lipinski definition) is 3. The lowest BCUT2D eigenvalue weighted by Crippen LogP contribution is -2.31. The summed E-state index contributed by atoms with van der Waals surface area (Å²) in [5.41, 5.74) is 5.79. The van der Waals surface area contributed by atoms with Gasteiger partial charge in [0.15, 0.2) is 0 Å². The minimum absolute atomic E-state index is 0.0297. The number of anilines is 1. The molecule has 114 valence electrons. The van der Waals surface area contributed by atoms with Crippen LogP contribution in [0.25, 0.3) is 0 Å². The molecular formula is C13H18N4O3S. The molecule has 0 aliphatic rings. The standard InChI is InChI=1S/C13H18N4O3S/c1-2-6-16-13(18)5-7-17-21(19,20)12-4-3-11(15)8-10(12)9-14/h3-4,8,17H,2,5-7,15H2,1H3,(H,16,18). The number of nitrogen functional groups attached to an aromatic ring is 1. The van der Waals surface area contributed by atoms with Crippen LogP contribution in [-0.2, 0) is 14.8 Å². The van der Waals surface area contributed by atoms with Gasteiger partial charge in [-0.15, -0.1) is 0 Å². The van der Waals surface area contributed by atoms with Crippen LogP contribution in [0.5, 0.6) is 0 Å². The van der Waals surface area contributed by atoms with Crippen LogP contribution >= 0.6 is 0 Å². The highest BCUT2D eigenvalue weighted by Gasteiger charge is 2.18. The molecule has 1 rings (SSSR count). The third-order valence-corrected chi connectivity index (χ3v) is 4.15. The number of carbonyl (C=O) groups is 1. The predicted octanol–water partition coefficient (Wildman–Crippen LogP) is 0.335. The summed E-state index contributed by atoms with van der Waals surface area (Å²) in [7, 11) is -3.84. The molecule has 0 unspecified atom stereocenters. The van der Waals surface area contributed by atoms with E-state index in [1.165, 1.54) is 18.2 Å². The molecule has 0 aromatic heterocycles. The smallest absolute Gasteiger partial charge is 0.241 e. The third kappa shape index (κ3) is 5.06. The Morgan fingerprint density at radius 3 is 2.71 bits per heavy atom. The molecule has 0 fully saturated rings. The van der Waals surface area contributed by atoms with Crippen LogP contribution in [0.1, 0.15) is 25.3 Å². The largest absolute Gasteiger partial charge is 0.399 e. The summed E-state index contributed by atoms with van der Waals surface area (Å²) in [5, 5.41) is 11.6. The Morgan fingerprint density at radius 1 is 1.38 bits per heavy atom. The third-order valence-electron chi connectivity index (χ3n) is 2.63. The number of carbonyl (C=O) groups excluding carboxylic acids is 1. The highest BCUT2D eigenvalue weighted by Crippen LogP contribution is 2.17. The van der Waals surface area contributed by atoms with Gasteiger partial charge in [0, 0.05) is 25.2 Å². The summed E-state index contributed by atoms with van der Waals surface area (Å²) < 4.78 is 26.5. The molecule has 0 bridgehead atoms. The normalized spacial score (nSPS) is 10.9. The van der Waals surface area contributed by atoms with Crippen molar-refractivity contribution in [2.45, 2.75) is 24.7 Å². The van der Waals surface area contributed by atoms with Gasteiger partial charge in [-0.3, -0.25) is 4.79 Å². The maximum atomic E-state index is 12.1. The van der Waals surface area contributed by atoms with E-state index in [9.17, 15) is 13.2 Å². The van der Waals surface area contributed by atoms with Crippen LogP contribution in [0, 0.1) is 11.3 Å². The molecule has 0 spiro atoms. The molecule has 0 aliphatic heterocycles. The van der Waals surface area contributed by atoms with E-state index < -0.39 is 10.0 Å². The fourth-order valence-electron chi connectivity index (χ4n) is 1.60. The van der Waals surface area contributed by atoms with Gasteiger partial charge >= 0.3 is 0 Å². The summed E-state index contributed by atoms with van der Waals surface area (Å²) in [4.78, 5) is 11.2. The van der Waals surface area contributed by atoms with Crippen molar-refractivity contribution in [2.75, 3.05) is 18.8 Å². The Hall–Kier alpha value is -2.11. The molecule has 21 heavy (non-hydrogen) atoms. The Morgan fingerprint density at radius 2 is 2.10 bits per heavy atom. The van der Waals surface area contributed by atoms with Crippen molar-refractivity contribution in [3.63, 3.8) is 0 Å². The van der Waals surface area contributed by atoms with Gasteiger partial charge in [0.2, 0.25) is 15.9 Å². The number of nitriles is 1. The molecule has 1 aromatic carbocycles. The number of hydrogen-bond acceptors (Lipinski definition) is 5. The zero-order chi connectivity index (χ0) is 15.9. The summed E-state index contributed by atoms with van der Waals surface area (Å²) in [6, 6.07) is 5.76. The van der Waals surface area contributed by atoms with E-state index in [-0.39, 0.29) is 29.3 Å². The van der Waals surface area contributed by atoms with Gasteiger partial charge in [-0.05, 0) is 24.6 Å². The predicted molar refractivity (Wildman–Crippen MR) is 78.7 cm³/mol.